The van der Waals surface area contributed by atoms with E-state index in [4.69, 9.17) is 4.74 Å². The Hall–Kier alpha value is -3.63. The lowest BCUT2D eigenvalue weighted by molar-refractivity contribution is 0.249. The molecular formula is C31H30BrN3O2. The van der Waals surface area contributed by atoms with Crippen LogP contribution < -0.4 is 15.4 Å². The first-order valence-electron chi connectivity index (χ1n) is 12.2. The van der Waals surface area contributed by atoms with E-state index in [1.807, 2.05) is 61.5 Å². The van der Waals surface area contributed by atoms with Gasteiger partial charge in [0, 0.05) is 40.9 Å². The number of nitrogens with zero attached hydrogens (tertiary/aromatic N) is 1. The first-order valence-corrected chi connectivity index (χ1v) is 13.0. The molecule has 0 saturated heterocycles. The van der Waals surface area contributed by atoms with Crippen LogP contribution in [0.4, 0.5) is 5.69 Å². The van der Waals surface area contributed by atoms with Crippen molar-refractivity contribution in [1.82, 2.24) is 5.32 Å². The number of aliphatic hydroxyl groups excluding tert-OH is 1. The molecule has 0 fully saturated rings. The van der Waals surface area contributed by atoms with Crippen molar-refractivity contribution in [2.75, 3.05) is 11.9 Å². The zero-order valence-corrected chi connectivity index (χ0v) is 22.3. The van der Waals surface area contributed by atoms with Crippen LogP contribution in [0.1, 0.15) is 29.2 Å². The highest BCUT2D eigenvalue weighted by Crippen LogP contribution is 2.32. The van der Waals surface area contributed by atoms with Crippen LogP contribution in [-0.2, 0) is 19.7 Å². The average Bonchev–Trinajstić information content (AvgIpc) is 2.95. The number of anilines is 1. The Morgan fingerprint density at radius 2 is 1.73 bits per heavy atom. The van der Waals surface area contributed by atoms with E-state index in [2.05, 4.69) is 63.0 Å². The Balaban J connectivity index is 1.52. The van der Waals surface area contributed by atoms with Gasteiger partial charge in [0.15, 0.2) is 0 Å². The summed E-state index contributed by atoms with van der Waals surface area (Å²) in [6.45, 7) is 3.56. The van der Waals surface area contributed by atoms with Gasteiger partial charge in [-0.2, -0.15) is 5.26 Å². The summed E-state index contributed by atoms with van der Waals surface area (Å²) in [4.78, 5) is 0. The molecule has 4 rings (SSSR count). The van der Waals surface area contributed by atoms with Gasteiger partial charge in [-0.25, -0.2) is 0 Å². The highest BCUT2D eigenvalue weighted by molar-refractivity contribution is 9.10. The van der Waals surface area contributed by atoms with Gasteiger partial charge in [-0.1, -0.05) is 66.7 Å². The van der Waals surface area contributed by atoms with Crippen LogP contribution in [-0.4, -0.2) is 17.8 Å². The molecule has 3 N–H and O–H groups in total. The smallest absolute Gasteiger partial charge is 0.126 e. The van der Waals surface area contributed by atoms with Gasteiger partial charge in [-0.05, 0) is 63.3 Å². The normalized spacial score (nSPS) is 11.5. The van der Waals surface area contributed by atoms with Gasteiger partial charge in [-0.3, -0.25) is 0 Å². The van der Waals surface area contributed by atoms with Crippen molar-refractivity contribution in [3.63, 3.8) is 0 Å². The Morgan fingerprint density at radius 3 is 2.51 bits per heavy atom. The first kappa shape index (κ1) is 26.4. The van der Waals surface area contributed by atoms with Gasteiger partial charge in [-0.15, -0.1) is 0 Å². The first-order chi connectivity index (χ1) is 18.1. The molecule has 0 aliphatic heterocycles. The fourth-order valence-corrected chi connectivity index (χ4v) is 4.57. The van der Waals surface area contributed by atoms with Crippen molar-refractivity contribution in [3.8, 4) is 22.9 Å². The Labute approximate surface area is 226 Å². The predicted octanol–water partition coefficient (Wildman–Crippen LogP) is 6.65. The molecule has 4 aromatic rings. The molecule has 0 amide bonds. The zero-order valence-electron chi connectivity index (χ0n) is 20.7. The Morgan fingerprint density at radius 1 is 0.919 bits per heavy atom. The average molecular weight is 557 g/mol. The van der Waals surface area contributed by atoms with Crippen molar-refractivity contribution >= 4 is 21.6 Å². The van der Waals surface area contributed by atoms with E-state index in [0.29, 0.717) is 25.3 Å². The van der Waals surface area contributed by atoms with Crippen LogP contribution in [0.25, 0.3) is 11.1 Å². The maximum atomic E-state index is 9.39. The monoisotopic (exact) mass is 555 g/mol. The number of aliphatic hydroxyl groups is 1. The highest BCUT2D eigenvalue weighted by atomic mass is 79.9. The molecule has 0 aliphatic rings. The summed E-state index contributed by atoms with van der Waals surface area (Å²) in [5.74, 6) is 0.752. The molecule has 0 aromatic heterocycles. The van der Waals surface area contributed by atoms with Crippen LogP contribution in [0.3, 0.4) is 0 Å². The third-order valence-corrected chi connectivity index (χ3v) is 7.02. The predicted molar refractivity (Wildman–Crippen MR) is 152 cm³/mol. The molecule has 0 aliphatic carbocycles. The molecular weight excluding hydrogens is 526 g/mol. The maximum Gasteiger partial charge on any atom is 0.126 e. The summed E-state index contributed by atoms with van der Waals surface area (Å²) < 4.78 is 7.29. The van der Waals surface area contributed by atoms with Crippen LogP contribution >= 0.6 is 15.9 Å². The number of rotatable bonds is 11. The van der Waals surface area contributed by atoms with E-state index in [9.17, 15) is 10.4 Å². The van der Waals surface area contributed by atoms with Gasteiger partial charge in [0.2, 0.25) is 0 Å². The minimum atomic E-state index is -0.0211. The number of hydrogen-bond acceptors (Lipinski definition) is 5. The van der Waals surface area contributed by atoms with E-state index in [-0.39, 0.29) is 12.6 Å². The molecule has 1 unspecified atom stereocenters. The Kier molecular flexibility index (Phi) is 9.34. The van der Waals surface area contributed by atoms with E-state index >= 15 is 0 Å². The van der Waals surface area contributed by atoms with Crippen molar-refractivity contribution in [2.24, 2.45) is 0 Å². The summed E-state index contributed by atoms with van der Waals surface area (Å²) in [5.41, 5.74) is 6.95. The van der Waals surface area contributed by atoms with Crippen LogP contribution in [0.15, 0.2) is 95.5 Å². The third-order valence-electron chi connectivity index (χ3n) is 6.08. The maximum absolute atomic E-state index is 9.39. The SMILES string of the molecule is CC(CO)NCc1ccc(NCc2cccc(-c3ccccc3)c2Br)cc1OCc1cccc(C#N)c1. The number of benzene rings is 4. The molecule has 37 heavy (non-hydrogen) atoms. The van der Waals surface area contributed by atoms with E-state index < -0.39 is 0 Å². The molecule has 4 aromatic carbocycles. The van der Waals surface area contributed by atoms with Gasteiger partial charge >= 0.3 is 0 Å². The third kappa shape index (κ3) is 7.21. The number of hydrogen-bond donors (Lipinski definition) is 3. The lowest BCUT2D eigenvalue weighted by Crippen LogP contribution is -2.28. The largest absolute Gasteiger partial charge is 0.488 e. The molecule has 0 radical (unpaired) electrons. The topological polar surface area (TPSA) is 77.3 Å². The van der Waals surface area contributed by atoms with Crippen LogP contribution in [0.5, 0.6) is 5.75 Å². The number of ether oxygens (including phenoxy) is 1. The van der Waals surface area contributed by atoms with Crippen LogP contribution in [0, 0.1) is 11.3 Å². The van der Waals surface area contributed by atoms with Gasteiger partial charge in [0.05, 0.1) is 18.2 Å². The van der Waals surface area contributed by atoms with Crippen molar-refractivity contribution < 1.29 is 9.84 Å². The van der Waals surface area contributed by atoms with Gasteiger partial charge < -0.3 is 20.5 Å². The van der Waals surface area contributed by atoms with Crippen molar-refractivity contribution in [1.29, 1.82) is 5.26 Å². The summed E-state index contributed by atoms with van der Waals surface area (Å²) in [7, 11) is 0. The van der Waals surface area contributed by atoms with Gasteiger partial charge in [0.1, 0.15) is 12.4 Å². The number of nitrogens with one attached hydrogen (secondary N) is 2. The Bertz CT molecular complexity index is 1370. The minimum absolute atomic E-state index is 0.0211. The van der Waals surface area contributed by atoms with Gasteiger partial charge in [0.25, 0.3) is 0 Å². The summed E-state index contributed by atoms with van der Waals surface area (Å²) >= 11 is 3.80. The summed E-state index contributed by atoms with van der Waals surface area (Å²) in [6.07, 6.45) is 0. The second-order valence-electron chi connectivity index (χ2n) is 8.89. The quantitative estimate of drug-likeness (QED) is 0.193. The lowest BCUT2D eigenvalue weighted by Gasteiger charge is -2.17. The zero-order chi connectivity index (χ0) is 26.0. The van der Waals surface area contributed by atoms with E-state index in [0.717, 1.165) is 38.2 Å². The molecule has 6 heteroatoms. The molecule has 0 bridgehead atoms. The number of nitriles is 1. The second-order valence-corrected chi connectivity index (χ2v) is 9.68. The number of halogens is 1. The molecule has 1 atom stereocenters. The molecule has 188 valence electrons. The highest BCUT2D eigenvalue weighted by Gasteiger charge is 2.11. The fourth-order valence-electron chi connectivity index (χ4n) is 3.94. The van der Waals surface area contributed by atoms with E-state index in [1.165, 1.54) is 5.56 Å². The standard InChI is InChI=1S/C31H30BrN3O2/c1-22(20-36)34-18-26-13-14-28(16-30(26)37-21-24-8-5-7-23(15-24)17-33)35-19-27-11-6-12-29(31(27)32)25-9-3-2-4-10-25/h2-16,22,34-36H,18-21H2,1H3. The molecule has 0 spiro atoms. The second kappa shape index (κ2) is 13.1. The minimum Gasteiger partial charge on any atom is -0.488 e. The van der Waals surface area contributed by atoms with E-state index in [1.54, 1.807) is 6.07 Å². The van der Waals surface area contributed by atoms with Crippen molar-refractivity contribution in [3.05, 3.63) is 118 Å². The molecule has 0 saturated carbocycles. The fraction of sp³-hybridized carbons (Fsp3) is 0.194. The molecule has 0 heterocycles. The van der Waals surface area contributed by atoms with Crippen molar-refractivity contribution in [2.45, 2.75) is 32.7 Å². The summed E-state index contributed by atoms with van der Waals surface area (Å²) in [5, 5.41) is 25.4. The summed E-state index contributed by atoms with van der Waals surface area (Å²) in [6, 6.07) is 32.3. The molecule has 5 nitrogen and oxygen atoms in total. The lowest BCUT2D eigenvalue weighted by atomic mass is 10.0. The van der Waals surface area contributed by atoms with Crippen LogP contribution in [0.2, 0.25) is 0 Å².